The number of carbonyl (C=O) groups is 1. The molecule has 1 aromatic heterocycles. The van der Waals surface area contributed by atoms with Crippen LogP contribution >= 0.6 is 0 Å². The largest absolute Gasteiger partial charge is 0.477 e. The highest BCUT2D eigenvalue weighted by Crippen LogP contribution is 2.19. The minimum atomic E-state index is -1.03. The summed E-state index contributed by atoms with van der Waals surface area (Å²) in [6.45, 7) is 5.41. The zero-order valence-electron chi connectivity index (χ0n) is 7.88. The number of anilines is 1. The first-order valence-corrected chi connectivity index (χ1v) is 3.91. The molecule has 0 atom stereocenters. The molecule has 0 unspecified atom stereocenters. The van der Waals surface area contributed by atoms with E-state index in [9.17, 15) is 4.79 Å². The first-order chi connectivity index (χ1) is 5.95. The summed E-state index contributed by atoms with van der Waals surface area (Å²) in [4.78, 5) is 14.5. The van der Waals surface area contributed by atoms with Crippen molar-refractivity contribution < 1.29 is 9.90 Å². The van der Waals surface area contributed by atoms with Crippen molar-refractivity contribution in [2.24, 2.45) is 0 Å². The van der Waals surface area contributed by atoms with Gasteiger partial charge in [-0.15, -0.1) is 0 Å². The summed E-state index contributed by atoms with van der Waals surface area (Å²) in [5.41, 5.74) is 8.02. The molecule has 13 heavy (non-hydrogen) atoms. The van der Waals surface area contributed by atoms with Gasteiger partial charge in [-0.1, -0.05) is 0 Å². The van der Waals surface area contributed by atoms with Crippen LogP contribution in [0.5, 0.6) is 0 Å². The molecule has 0 aliphatic heterocycles. The van der Waals surface area contributed by atoms with Crippen LogP contribution in [0.4, 0.5) is 5.82 Å². The van der Waals surface area contributed by atoms with E-state index in [-0.39, 0.29) is 5.69 Å². The van der Waals surface area contributed by atoms with Crippen LogP contribution in [-0.2, 0) is 0 Å². The van der Waals surface area contributed by atoms with Gasteiger partial charge in [0.2, 0.25) is 0 Å². The van der Waals surface area contributed by atoms with Gasteiger partial charge in [-0.25, -0.2) is 9.78 Å². The number of aromatic nitrogens is 1. The zero-order chi connectivity index (χ0) is 10.2. The van der Waals surface area contributed by atoms with Crippen LogP contribution in [0.25, 0.3) is 0 Å². The van der Waals surface area contributed by atoms with E-state index in [4.69, 9.17) is 10.8 Å². The Labute approximate surface area is 76.4 Å². The third-order valence-electron chi connectivity index (χ3n) is 2.30. The maximum Gasteiger partial charge on any atom is 0.354 e. The summed E-state index contributed by atoms with van der Waals surface area (Å²) in [7, 11) is 0. The molecular weight excluding hydrogens is 168 g/mol. The van der Waals surface area contributed by atoms with E-state index >= 15 is 0 Å². The van der Waals surface area contributed by atoms with Gasteiger partial charge in [0.15, 0.2) is 5.69 Å². The third kappa shape index (κ3) is 1.47. The van der Waals surface area contributed by atoms with Crippen molar-refractivity contribution in [3.63, 3.8) is 0 Å². The number of nitrogens with two attached hydrogens (primary N) is 1. The molecule has 1 heterocycles. The number of hydrogen-bond donors (Lipinski definition) is 2. The summed E-state index contributed by atoms with van der Waals surface area (Å²) >= 11 is 0. The Morgan fingerprint density at radius 1 is 1.23 bits per heavy atom. The highest BCUT2D eigenvalue weighted by molar-refractivity contribution is 5.88. The number of nitrogens with zero attached hydrogens (tertiary/aromatic N) is 1. The monoisotopic (exact) mass is 180 g/mol. The summed E-state index contributed by atoms with van der Waals surface area (Å²) in [6.07, 6.45) is 0. The molecular formula is C9H12N2O2. The third-order valence-corrected chi connectivity index (χ3v) is 2.30. The summed E-state index contributed by atoms with van der Waals surface area (Å²) < 4.78 is 0. The number of pyridine rings is 1. The Kier molecular flexibility index (Phi) is 2.23. The average molecular weight is 180 g/mol. The molecule has 70 valence electrons. The van der Waals surface area contributed by atoms with Crippen molar-refractivity contribution in [3.8, 4) is 0 Å². The molecule has 0 radical (unpaired) electrons. The maximum absolute atomic E-state index is 10.7. The fourth-order valence-electron chi connectivity index (χ4n) is 1.15. The number of carboxylic acids is 1. The molecule has 0 aliphatic carbocycles. The fraction of sp³-hybridized carbons (Fsp3) is 0.333. The van der Waals surface area contributed by atoms with Crippen molar-refractivity contribution in [3.05, 3.63) is 22.4 Å². The Morgan fingerprint density at radius 2 is 1.77 bits per heavy atom. The number of carboxylic acid groups (broad SMARTS) is 1. The Morgan fingerprint density at radius 3 is 2.23 bits per heavy atom. The van der Waals surface area contributed by atoms with Crippen LogP contribution in [0, 0.1) is 20.8 Å². The van der Waals surface area contributed by atoms with Gasteiger partial charge in [0.05, 0.1) is 0 Å². The van der Waals surface area contributed by atoms with Crippen molar-refractivity contribution in [1.82, 2.24) is 4.98 Å². The molecule has 0 fully saturated rings. The normalized spacial score (nSPS) is 10.1. The van der Waals surface area contributed by atoms with Gasteiger partial charge in [0, 0.05) is 0 Å². The number of aromatic carboxylic acids is 1. The molecule has 1 aromatic rings. The zero-order valence-corrected chi connectivity index (χ0v) is 7.88. The van der Waals surface area contributed by atoms with Gasteiger partial charge in [-0.2, -0.15) is 0 Å². The van der Waals surface area contributed by atoms with Gasteiger partial charge in [0.25, 0.3) is 0 Å². The highest BCUT2D eigenvalue weighted by Gasteiger charge is 2.14. The van der Waals surface area contributed by atoms with Crippen molar-refractivity contribution in [2.75, 3.05) is 5.73 Å². The second-order valence-electron chi connectivity index (χ2n) is 3.03. The topological polar surface area (TPSA) is 76.2 Å². The van der Waals surface area contributed by atoms with E-state index in [2.05, 4.69) is 4.98 Å². The number of nitrogen functional groups attached to an aromatic ring is 1. The Bertz CT molecular complexity index is 372. The van der Waals surface area contributed by atoms with Gasteiger partial charge in [-0.3, -0.25) is 0 Å². The predicted octanol–water partition coefficient (Wildman–Crippen LogP) is 1.29. The molecule has 0 aliphatic rings. The Hall–Kier alpha value is -1.58. The summed E-state index contributed by atoms with van der Waals surface area (Å²) in [5, 5.41) is 8.79. The van der Waals surface area contributed by atoms with Crippen LogP contribution in [0.1, 0.15) is 27.2 Å². The van der Waals surface area contributed by atoms with E-state index < -0.39 is 5.97 Å². The van der Waals surface area contributed by atoms with Crippen molar-refractivity contribution in [1.29, 1.82) is 0 Å². The minimum absolute atomic E-state index is 0.0422. The van der Waals surface area contributed by atoms with Crippen LogP contribution in [0.15, 0.2) is 0 Å². The lowest BCUT2D eigenvalue weighted by atomic mass is 10.0. The average Bonchev–Trinajstić information content (AvgIpc) is 2.07. The molecule has 0 amide bonds. The summed E-state index contributed by atoms with van der Waals surface area (Å²) in [6, 6.07) is 0. The molecule has 0 saturated heterocycles. The number of hydrogen-bond acceptors (Lipinski definition) is 3. The first kappa shape index (κ1) is 9.51. The van der Waals surface area contributed by atoms with Crippen LogP contribution in [-0.4, -0.2) is 16.1 Å². The lowest BCUT2D eigenvalue weighted by Gasteiger charge is -2.09. The molecule has 4 nitrogen and oxygen atoms in total. The standard InChI is InChI=1S/C9H12N2O2/c1-4-5(2)7(9(12)13)11-8(10)6(4)3/h1-3H3,(H2,10,11)(H,12,13). The molecule has 1 rings (SSSR count). The quantitative estimate of drug-likeness (QED) is 0.682. The lowest BCUT2D eigenvalue weighted by Crippen LogP contribution is -2.09. The number of rotatable bonds is 1. The van der Waals surface area contributed by atoms with Gasteiger partial charge < -0.3 is 10.8 Å². The first-order valence-electron chi connectivity index (χ1n) is 3.91. The second kappa shape index (κ2) is 3.05. The maximum atomic E-state index is 10.7. The lowest BCUT2D eigenvalue weighted by molar-refractivity contribution is 0.0689. The van der Waals surface area contributed by atoms with E-state index in [1.54, 1.807) is 6.92 Å². The fourth-order valence-corrected chi connectivity index (χ4v) is 1.15. The van der Waals surface area contributed by atoms with Crippen molar-refractivity contribution >= 4 is 11.8 Å². The molecule has 4 heteroatoms. The van der Waals surface area contributed by atoms with Crippen LogP contribution in [0.2, 0.25) is 0 Å². The predicted molar refractivity (Wildman–Crippen MR) is 49.8 cm³/mol. The second-order valence-corrected chi connectivity index (χ2v) is 3.03. The minimum Gasteiger partial charge on any atom is -0.477 e. The molecule has 0 bridgehead atoms. The van der Waals surface area contributed by atoms with E-state index in [0.717, 1.165) is 11.1 Å². The van der Waals surface area contributed by atoms with Gasteiger partial charge in [-0.05, 0) is 37.5 Å². The van der Waals surface area contributed by atoms with E-state index in [1.165, 1.54) is 0 Å². The highest BCUT2D eigenvalue weighted by atomic mass is 16.4. The molecule has 0 saturated carbocycles. The molecule has 0 aromatic carbocycles. The van der Waals surface area contributed by atoms with Crippen LogP contribution < -0.4 is 5.73 Å². The van der Waals surface area contributed by atoms with Crippen molar-refractivity contribution in [2.45, 2.75) is 20.8 Å². The van der Waals surface area contributed by atoms with Crippen LogP contribution in [0.3, 0.4) is 0 Å². The van der Waals surface area contributed by atoms with Gasteiger partial charge in [0.1, 0.15) is 5.82 Å². The summed E-state index contributed by atoms with van der Waals surface area (Å²) in [5.74, 6) is -0.743. The smallest absolute Gasteiger partial charge is 0.354 e. The van der Waals surface area contributed by atoms with Gasteiger partial charge >= 0.3 is 5.97 Å². The van der Waals surface area contributed by atoms with E-state index in [0.29, 0.717) is 11.4 Å². The van der Waals surface area contributed by atoms with E-state index in [1.807, 2.05) is 13.8 Å². The molecule has 3 N–H and O–H groups in total. The Balaban J connectivity index is 3.50. The molecule has 0 spiro atoms. The SMILES string of the molecule is Cc1c(N)nc(C(=O)O)c(C)c1C.